The molecule has 0 aromatic heterocycles. The highest BCUT2D eigenvalue weighted by molar-refractivity contribution is 6.05. The lowest BCUT2D eigenvalue weighted by Gasteiger charge is -2.66. The highest BCUT2D eigenvalue weighted by Crippen LogP contribution is 2.62. The maximum Gasteiger partial charge on any atom is 0.321 e. The molecule has 2 aliphatic heterocycles. The van der Waals surface area contributed by atoms with Crippen LogP contribution in [0.2, 0.25) is 0 Å². The van der Waals surface area contributed by atoms with Crippen molar-refractivity contribution in [2.24, 2.45) is 17.3 Å². The number of likely N-dealkylation sites (N-methyl/N-ethyl adjacent to an activating group) is 1. The summed E-state index contributed by atoms with van der Waals surface area (Å²) in [6.07, 6.45) is 3.58. The Hall–Kier alpha value is -1.88. The molecule has 4 bridgehead atoms. The van der Waals surface area contributed by atoms with Crippen molar-refractivity contribution in [2.75, 3.05) is 20.8 Å². The summed E-state index contributed by atoms with van der Waals surface area (Å²) in [5.74, 6) is 1.30. The average Bonchev–Trinajstić information content (AvgIpc) is 2.74. The third kappa shape index (κ3) is 3.23. The maximum atomic E-state index is 13.7. The zero-order valence-corrected chi connectivity index (χ0v) is 19.9. The van der Waals surface area contributed by atoms with Crippen LogP contribution in [-0.4, -0.2) is 49.5 Å². The zero-order chi connectivity index (χ0) is 22.6. The van der Waals surface area contributed by atoms with Crippen molar-refractivity contribution in [3.8, 4) is 5.75 Å². The Kier molecular flexibility index (Phi) is 5.70. The number of methoxy groups -OCH3 is 1. The van der Waals surface area contributed by atoms with E-state index >= 15 is 0 Å². The predicted octanol–water partition coefficient (Wildman–Crippen LogP) is 4.16. The van der Waals surface area contributed by atoms with E-state index in [2.05, 4.69) is 44.9 Å². The fourth-order valence-electron chi connectivity index (χ4n) is 6.75. The van der Waals surface area contributed by atoms with Crippen molar-refractivity contribution in [3.63, 3.8) is 0 Å². The van der Waals surface area contributed by atoms with Crippen LogP contribution in [0, 0.1) is 17.3 Å². The van der Waals surface area contributed by atoms with E-state index in [-0.39, 0.29) is 29.1 Å². The Bertz CT molecular complexity index is 880. The summed E-state index contributed by atoms with van der Waals surface area (Å²) in [5.41, 5.74) is 1.58. The molecule has 31 heavy (non-hydrogen) atoms. The molecular formula is C26H37NO4. The first-order valence-electron chi connectivity index (χ1n) is 11.8. The molecule has 170 valence electrons. The minimum Gasteiger partial charge on any atom is -0.497 e. The minimum atomic E-state index is -1.04. The molecule has 5 nitrogen and oxygen atoms in total. The average molecular weight is 428 g/mol. The number of ketones is 1. The van der Waals surface area contributed by atoms with E-state index in [4.69, 9.17) is 9.47 Å². The SMILES string of the molecule is CCOC(=O)C1(C(=O)CCC(C)C)CC2C3Cc4ccc(OC)cc4[C@]2(C)CC1N3C. The summed E-state index contributed by atoms with van der Waals surface area (Å²) >= 11 is 0. The molecule has 1 aromatic rings. The number of carbonyl (C=O) groups excluding carboxylic acids is 2. The first-order chi connectivity index (χ1) is 14.7. The van der Waals surface area contributed by atoms with E-state index in [1.807, 2.05) is 13.0 Å². The van der Waals surface area contributed by atoms with Gasteiger partial charge in [0.15, 0.2) is 5.78 Å². The van der Waals surface area contributed by atoms with E-state index < -0.39 is 5.41 Å². The Morgan fingerprint density at radius 1 is 1.26 bits per heavy atom. The van der Waals surface area contributed by atoms with Gasteiger partial charge in [-0.3, -0.25) is 14.5 Å². The van der Waals surface area contributed by atoms with Crippen molar-refractivity contribution in [2.45, 2.75) is 77.3 Å². The van der Waals surface area contributed by atoms with Crippen molar-refractivity contribution in [1.29, 1.82) is 0 Å². The van der Waals surface area contributed by atoms with Crippen LogP contribution in [0.4, 0.5) is 0 Å². The largest absolute Gasteiger partial charge is 0.497 e. The van der Waals surface area contributed by atoms with Gasteiger partial charge in [0.2, 0.25) is 0 Å². The van der Waals surface area contributed by atoms with Gasteiger partial charge < -0.3 is 9.47 Å². The topological polar surface area (TPSA) is 55.8 Å². The van der Waals surface area contributed by atoms with Crippen LogP contribution < -0.4 is 4.74 Å². The first-order valence-corrected chi connectivity index (χ1v) is 11.8. The smallest absolute Gasteiger partial charge is 0.321 e. The van der Waals surface area contributed by atoms with Crippen LogP contribution in [-0.2, 0) is 26.2 Å². The summed E-state index contributed by atoms with van der Waals surface area (Å²) < 4.78 is 11.1. The second-order valence-electron chi connectivity index (χ2n) is 10.5. The molecule has 0 radical (unpaired) electrons. The first kappa shape index (κ1) is 22.3. The number of hydrogen-bond donors (Lipinski definition) is 0. The van der Waals surface area contributed by atoms with Crippen molar-refractivity contribution in [1.82, 2.24) is 4.90 Å². The van der Waals surface area contributed by atoms with Crippen LogP contribution in [0.5, 0.6) is 5.75 Å². The molecule has 1 saturated carbocycles. The van der Waals surface area contributed by atoms with Crippen LogP contribution >= 0.6 is 0 Å². The fourth-order valence-corrected chi connectivity index (χ4v) is 6.75. The summed E-state index contributed by atoms with van der Waals surface area (Å²) in [7, 11) is 3.81. The van der Waals surface area contributed by atoms with Crippen LogP contribution in [0.25, 0.3) is 0 Å². The molecule has 4 aliphatic rings. The van der Waals surface area contributed by atoms with Gasteiger partial charge in [0.25, 0.3) is 0 Å². The molecular weight excluding hydrogens is 390 g/mol. The quantitative estimate of drug-likeness (QED) is 0.483. The molecule has 2 saturated heterocycles. The monoisotopic (exact) mass is 427 g/mol. The molecule has 0 N–H and O–H groups in total. The number of nitrogens with zero attached hydrogens (tertiary/aromatic N) is 1. The second-order valence-corrected chi connectivity index (χ2v) is 10.5. The number of carbonyl (C=O) groups is 2. The van der Waals surface area contributed by atoms with E-state index in [1.54, 1.807) is 7.11 Å². The number of piperidine rings is 2. The maximum absolute atomic E-state index is 13.7. The number of fused-ring (bicyclic) bond motifs is 2. The van der Waals surface area contributed by atoms with E-state index in [0.29, 0.717) is 31.4 Å². The molecule has 5 rings (SSSR count). The van der Waals surface area contributed by atoms with E-state index in [1.165, 1.54) is 11.1 Å². The van der Waals surface area contributed by atoms with Crippen molar-refractivity contribution < 1.29 is 19.1 Å². The molecule has 1 aromatic carbocycles. The van der Waals surface area contributed by atoms with Gasteiger partial charge in [0.05, 0.1) is 13.7 Å². The summed E-state index contributed by atoms with van der Waals surface area (Å²) in [6, 6.07) is 6.62. The Morgan fingerprint density at radius 3 is 2.65 bits per heavy atom. The molecule has 2 aliphatic carbocycles. The third-order valence-electron chi connectivity index (χ3n) is 8.47. The number of ether oxygens (including phenoxy) is 2. The van der Waals surface area contributed by atoms with Gasteiger partial charge in [-0.25, -0.2) is 0 Å². The lowest BCUT2D eigenvalue weighted by Crippen LogP contribution is -2.74. The third-order valence-corrected chi connectivity index (χ3v) is 8.47. The van der Waals surface area contributed by atoms with Gasteiger partial charge >= 0.3 is 5.97 Å². The van der Waals surface area contributed by atoms with Gasteiger partial charge in [-0.2, -0.15) is 0 Å². The fraction of sp³-hybridized carbons (Fsp3) is 0.692. The Balaban J connectivity index is 1.77. The van der Waals surface area contributed by atoms with Crippen LogP contribution in [0.1, 0.15) is 64.5 Å². The molecule has 5 heteroatoms. The van der Waals surface area contributed by atoms with Gasteiger partial charge in [0, 0.05) is 18.5 Å². The normalized spacial score (nSPS) is 33.8. The van der Waals surface area contributed by atoms with Gasteiger partial charge in [-0.05, 0) is 80.2 Å². The highest BCUT2D eigenvalue weighted by atomic mass is 16.5. The second kappa shape index (κ2) is 7.91. The number of benzene rings is 1. The Labute approximate surface area is 186 Å². The molecule has 0 spiro atoms. The van der Waals surface area contributed by atoms with Crippen LogP contribution in [0.3, 0.4) is 0 Å². The molecule has 2 heterocycles. The molecule has 3 fully saturated rings. The molecule has 5 atom stereocenters. The highest BCUT2D eigenvalue weighted by Gasteiger charge is 2.69. The minimum absolute atomic E-state index is 0.0711. The summed E-state index contributed by atoms with van der Waals surface area (Å²) in [6.45, 7) is 8.71. The van der Waals surface area contributed by atoms with Gasteiger partial charge in [-0.1, -0.05) is 26.8 Å². The summed E-state index contributed by atoms with van der Waals surface area (Å²) in [5, 5.41) is 0. The number of hydrogen-bond acceptors (Lipinski definition) is 5. The number of esters is 1. The molecule has 0 amide bonds. The van der Waals surface area contributed by atoms with Crippen LogP contribution in [0.15, 0.2) is 18.2 Å². The van der Waals surface area contributed by atoms with Gasteiger partial charge in [0.1, 0.15) is 11.2 Å². The summed E-state index contributed by atoms with van der Waals surface area (Å²) in [4.78, 5) is 29.5. The van der Waals surface area contributed by atoms with E-state index in [0.717, 1.165) is 25.0 Å². The van der Waals surface area contributed by atoms with E-state index in [9.17, 15) is 9.59 Å². The van der Waals surface area contributed by atoms with Gasteiger partial charge in [-0.15, -0.1) is 0 Å². The predicted molar refractivity (Wildman–Crippen MR) is 120 cm³/mol. The van der Waals surface area contributed by atoms with Crippen molar-refractivity contribution in [3.05, 3.63) is 29.3 Å². The Morgan fingerprint density at radius 2 is 2.00 bits per heavy atom. The number of rotatable bonds is 7. The lowest BCUT2D eigenvalue weighted by molar-refractivity contribution is -0.189. The lowest BCUT2D eigenvalue weighted by atomic mass is 9.45. The zero-order valence-electron chi connectivity index (χ0n) is 19.9. The standard InChI is InChI=1S/C26H37NO4/c1-7-31-24(29)26(23(28)11-8-16(2)3)14-20-21-12-17-9-10-18(30-6)13-19(17)25(20,4)15-22(26)27(21)5/h9-10,13,16,20-22H,7-8,11-12,14-15H2,1-6H3/t20?,21?,22?,25-,26?/m0/s1. The van der Waals surface area contributed by atoms with Crippen molar-refractivity contribution >= 4 is 11.8 Å². The molecule has 4 unspecified atom stereocenters. The number of Topliss-reactive ketones (excluding diaryl/α,β-unsaturated/α-hetero) is 1.